The molecule has 0 radical (unpaired) electrons. The van der Waals surface area contributed by atoms with Crippen LogP contribution in [-0.4, -0.2) is 46.0 Å². The van der Waals surface area contributed by atoms with E-state index in [1.54, 1.807) is 0 Å². The van der Waals surface area contributed by atoms with E-state index >= 15 is 0 Å². The number of rotatable bonds is 6. The largest absolute Gasteiger partial charge is 0.376 e. The highest BCUT2D eigenvalue weighted by Crippen LogP contribution is 2.24. The van der Waals surface area contributed by atoms with Crippen molar-refractivity contribution in [1.82, 2.24) is 20.2 Å². The van der Waals surface area contributed by atoms with Gasteiger partial charge in [0, 0.05) is 18.3 Å². The third kappa shape index (κ3) is 4.51. The van der Waals surface area contributed by atoms with Crippen LogP contribution in [-0.2, 0) is 16.1 Å². The minimum absolute atomic E-state index is 0.166. The second-order valence-electron chi connectivity index (χ2n) is 6.40. The minimum atomic E-state index is -0.404. The van der Waals surface area contributed by atoms with Gasteiger partial charge < -0.3 is 14.6 Å². The van der Waals surface area contributed by atoms with Crippen molar-refractivity contribution in [3.8, 4) is 0 Å². The fraction of sp³-hybridized carbons (Fsp3) is 0.688. The van der Waals surface area contributed by atoms with Gasteiger partial charge >= 0.3 is 6.03 Å². The van der Waals surface area contributed by atoms with Gasteiger partial charge in [-0.2, -0.15) is 0 Å². The molecule has 1 aliphatic heterocycles. The maximum Gasteiger partial charge on any atom is 0.321 e. The van der Waals surface area contributed by atoms with E-state index in [9.17, 15) is 9.59 Å². The molecule has 2 fully saturated rings. The average Bonchev–Trinajstić information content (AvgIpc) is 3.11. The molecular weight excluding hydrogens is 328 g/mol. The van der Waals surface area contributed by atoms with Crippen LogP contribution in [0.4, 0.5) is 4.79 Å². The molecule has 1 saturated carbocycles. The van der Waals surface area contributed by atoms with Gasteiger partial charge in [-0.1, -0.05) is 11.8 Å². The van der Waals surface area contributed by atoms with Gasteiger partial charge in [-0.3, -0.25) is 10.1 Å². The average molecular weight is 352 g/mol. The summed E-state index contributed by atoms with van der Waals surface area (Å²) in [6.45, 7) is 5.58. The highest BCUT2D eigenvalue weighted by molar-refractivity contribution is 7.99. The van der Waals surface area contributed by atoms with Crippen LogP contribution in [0.15, 0.2) is 5.16 Å². The van der Waals surface area contributed by atoms with E-state index in [2.05, 4.69) is 20.2 Å². The van der Waals surface area contributed by atoms with Crippen LogP contribution in [0.2, 0.25) is 0 Å². The van der Waals surface area contributed by atoms with Crippen LogP contribution >= 0.6 is 11.8 Å². The summed E-state index contributed by atoms with van der Waals surface area (Å²) < 4.78 is 7.83. The number of hydrogen-bond acceptors (Lipinski definition) is 5. The summed E-state index contributed by atoms with van der Waals surface area (Å²) in [7, 11) is 0. The van der Waals surface area contributed by atoms with Crippen molar-refractivity contribution in [2.75, 3.05) is 12.4 Å². The number of aromatic nitrogens is 2. The van der Waals surface area contributed by atoms with E-state index in [0.29, 0.717) is 0 Å². The molecule has 0 bridgehead atoms. The predicted molar refractivity (Wildman–Crippen MR) is 91.1 cm³/mol. The second kappa shape index (κ2) is 7.57. The molecule has 7 nitrogen and oxygen atoms in total. The zero-order valence-electron chi connectivity index (χ0n) is 14.1. The molecular formula is C16H24N4O3S. The molecule has 2 N–H and O–H groups in total. The van der Waals surface area contributed by atoms with E-state index in [1.165, 1.54) is 11.8 Å². The molecule has 132 valence electrons. The quantitative estimate of drug-likeness (QED) is 0.762. The highest BCUT2D eigenvalue weighted by atomic mass is 32.2. The third-order valence-corrected chi connectivity index (χ3v) is 5.31. The van der Waals surface area contributed by atoms with Gasteiger partial charge in [0.15, 0.2) is 5.16 Å². The zero-order chi connectivity index (χ0) is 17.1. The number of amides is 3. The fourth-order valence-electron chi connectivity index (χ4n) is 2.68. The molecule has 1 saturated heterocycles. The SMILES string of the molecule is Cc1nc(SCC(=O)NC(=O)NC2CC2)n(CC2CCCO2)c1C. The normalized spacial score (nSPS) is 20.2. The van der Waals surface area contributed by atoms with Gasteiger partial charge in [-0.15, -0.1) is 0 Å². The molecule has 2 aliphatic rings. The summed E-state index contributed by atoms with van der Waals surface area (Å²) in [6, 6.07) is -0.167. The number of hydrogen-bond donors (Lipinski definition) is 2. The van der Waals surface area contributed by atoms with Crippen LogP contribution in [0.1, 0.15) is 37.1 Å². The number of urea groups is 1. The Balaban J connectivity index is 1.54. The third-order valence-electron chi connectivity index (χ3n) is 4.33. The topological polar surface area (TPSA) is 85.3 Å². The summed E-state index contributed by atoms with van der Waals surface area (Å²) in [5.74, 6) is -0.139. The van der Waals surface area contributed by atoms with Crippen molar-refractivity contribution < 1.29 is 14.3 Å². The molecule has 1 atom stereocenters. The maximum atomic E-state index is 11.9. The van der Waals surface area contributed by atoms with Gasteiger partial charge in [0.25, 0.3) is 0 Å². The molecule has 1 aromatic heterocycles. The van der Waals surface area contributed by atoms with E-state index in [4.69, 9.17) is 4.74 Å². The summed E-state index contributed by atoms with van der Waals surface area (Å²) in [5, 5.41) is 5.91. The number of carbonyl (C=O) groups is 2. The van der Waals surface area contributed by atoms with Gasteiger partial charge in [0.1, 0.15) is 0 Å². The van der Waals surface area contributed by atoms with Crippen molar-refractivity contribution in [3.05, 3.63) is 11.4 Å². The monoisotopic (exact) mass is 352 g/mol. The predicted octanol–water partition coefficient (Wildman–Crippen LogP) is 1.76. The lowest BCUT2D eigenvalue weighted by molar-refractivity contribution is -0.117. The Morgan fingerprint density at radius 1 is 1.33 bits per heavy atom. The standard InChI is InChI=1S/C16H24N4O3S/c1-10-11(2)20(8-13-4-3-7-23-13)16(17-10)24-9-14(21)19-15(22)18-12-5-6-12/h12-13H,3-9H2,1-2H3,(H2,18,19,21,22). The van der Waals surface area contributed by atoms with Crippen LogP contribution in [0.25, 0.3) is 0 Å². The molecule has 1 unspecified atom stereocenters. The Labute approximate surface area is 145 Å². The molecule has 1 aliphatic carbocycles. The van der Waals surface area contributed by atoms with Crippen LogP contribution in [0.3, 0.4) is 0 Å². The molecule has 3 rings (SSSR count). The van der Waals surface area contributed by atoms with Gasteiger partial charge in [0.2, 0.25) is 5.91 Å². The molecule has 2 heterocycles. The first-order valence-electron chi connectivity index (χ1n) is 8.41. The zero-order valence-corrected chi connectivity index (χ0v) is 14.9. The first-order chi connectivity index (χ1) is 11.5. The molecule has 0 aromatic carbocycles. The Morgan fingerprint density at radius 2 is 2.12 bits per heavy atom. The molecule has 8 heteroatoms. The number of nitrogens with zero attached hydrogens (tertiary/aromatic N) is 2. The van der Waals surface area contributed by atoms with E-state index < -0.39 is 6.03 Å². The first kappa shape index (κ1) is 17.3. The van der Waals surface area contributed by atoms with E-state index in [-0.39, 0.29) is 23.8 Å². The van der Waals surface area contributed by atoms with Gasteiger partial charge in [-0.05, 0) is 39.5 Å². The molecule has 1 aromatic rings. The lowest BCUT2D eigenvalue weighted by Gasteiger charge is -2.14. The van der Waals surface area contributed by atoms with Crippen molar-refractivity contribution in [1.29, 1.82) is 0 Å². The number of nitrogens with one attached hydrogen (secondary N) is 2. The summed E-state index contributed by atoms with van der Waals surface area (Å²) in [4.78, 5) is 28.1. The number of thioether (sulfide) groups is 1. The second-order valence-corrected chi connectivity index (χ2v) is 7.34. The van der Waals surface area contributed by atoms with Crippen LogP contribution in [0, 0.1) is 13.8 Å². The van der Waals surface area contributed by atoms with Gasteiger partial charge in [0.05, 0.1) is 24.1 Å². The van der Waals surface area contributed by atoms with E-state index in [1.807, 2.05) is 13.8 Å². The van der Waals surface area contributed by atoms with Crippen molar-refractivity contribution in [3.63, 3.8) is 0 Å². The molecule has 24 heavy (non-hydrogen) atoms. The Kier molecular flexibility index (Phi) is 5.45. The summed E-state index contributed by atoms with van der Waals surface area (Å²) in [5.41, 5.74) is 2.06. The number of imide groups is 1. The number of imidazole rings is 1. The molecule has 3 amide bonds. The Morgan fingerprint density at radius 3 is 2.79 bits per heavy atom. The number of ether oxygens (including phenoxy) is 1. The smallest absolute Gasteiger partial charge is 0.321 e. The lowest BCUT2D eigenvalue weighted by atomic mass is 10.2. The number of aryl methyl sites for hydroxylation is 1. The van der Waals surface area contributed by atoms with Crippen molar-refractivity contribution in [2.45, 2.75) is 63.4 Å². The highest BCUT2D eigenvalue weighted by Gasteiger charge is 2.24. The minimum Gasteiger partial charge on any atom is -0.376 e. The Hall–Kier alpha value is -1.54. The van der Waals surface area contributed by atoms with Crippen molar-refractivity contribution >= 4 is 23.7 Å². The lowest BCUT2D eigenvalue weighted by Crippen LogP contribution is -2.41. The number of carbonyl (C=O) groups excluding carboxylic acids is 2. The van der Waals surface area contributed by atoms with E-state index in [0.717, 1.165) is 55.4 Å². The summed E-state index contributed by atoms with van der Waals surface area (Å²) >= 11 is 1.35. The first-order valence-corrected chi connectivity index (χ1v) is 9.40. The Bertz CT molecular complexity index is 621. The summed E-state index contributed by atoms with van der Waals surface area (Å²) in [6.07, 6.45) is 4.36. The van der Waals surface area contributed by atoms with Gasteiger partial charge in [-0.25, -0.2) is 9.78 Å². The van der Waals surface area contributed by atoms with Crippen molar-refractivity contribution in [2.24, 2.45) is 0 Å². The maximum absolute atomic E-state index is 11.9. The van der Waals surface area contributed by atoms with Crippen LogP contribution < -0.4 is 10.6 Å². The molecule has 0 spiro atoms. The van der Waals surface area contributed by atoms with Crippen LogP contribution in [0.5, 0.6) is 0 Å². The fourth-order valence-corrected chi connectivity index (χ4v) is 3.58.